The molecule has 1 saturated carbocycles. The fourth-order valence-corrected chi connectivity index (χ4v) is 3.31. The van der Waals surface area contributed by atoms with Gasteiger partial charge in [0.15, 0.2) is 0 Å². The molecule has 3 rings (SSSR count). The van der Waals surface area contributed by atoms with Crippen LogP contribution in [-0.4, -0.2) is 61.6 Å². The fraction of sp³-hybridized carbons (Fsp3) is 0.471. The van der Waals surface area contributed by atoms with E-state index in [4.69, 9.17) is 5.11 Å². The summed E-state index contributed by atoms with van der Waals surface area (Å²) >= 11 is 0. The molecule has 0 saturated heterocycles. The van der Waals surface area contributed by atoms with Crippen LogP contribution in [0.1, 0.15) is 30.1 Å². The van der Waals surface area contributed by atoms with Crippen LogP contribution in [0.5, 0.6) is 0 Å². The highest BCUT2D eigenvalue weighted by molar-refractivity contribution is 5.96. The number of carboxylic acid groups (broad SMARTS) is 1. The molecule has 1 fully saturated rings. The van der Waals surface area contributed by atoms with Gasteiger partial charge in [0, 0.05) is 25.3 Å². The Labute approximate surface area is 153 Å². The maximum absolute atomic E-state index is 12.4. The Morgan fingerprint density at radius 1 is 1.41 bits per heavy atom. The van der Waals surface area contributed by atoms with Crippen molar-refractivity contribution in [3.63, 3.8) is 0 Å². The number of carbonyl (C=O) groups is 2. The van der Waals surface area contributed by atoms with Gasteiger partial charge in [-0.25, -0.2) is 9.78 Å². The first-order valence-corrected chi connectivity index (χ1v) is 8.66. The van der Waals surface area contributed by atoms with Gasteiger partial charge in [-0.05, 0) is 25.5 Å². The molecular weight excluding hydrogens is 354 g/mol. The lowest BCUT2D eigenvalue weighted by Crippen LogP contribution is -2.54. The van der Waals surface area contributed by atoms with E-state index in [1.807, 2.05) is 11.8 Å². The van der Waals surface area contributed by atoms with E-state index in [0.717, 1.165) is 0 Å². The highest BCUT2D eigenvalue weighted by Crippen LogP contribution is 2.25. The van der Waals surface area contributed by atoms with Crippen molar-refractivity contribution in [3.05, 3.63) is 38.7 Å². The summed E-state index contributed by atoms with van der Waals surface area (Å²) in [5.74, 6) is -1.23. The first kappa shape index (κ1) is 18.8. The zero-order chi connectivity index (χ0) is 19.7. The number of carbonyl (C=O) groups excluding carboxylic acids is 1. The summed E-state index contributed by atoms with van der Waals surface area (Å²) in [6.45, 7) is 2.52. The van der Waals surface area contributed by atoms with E-state index in [1.165, 1.54) is 23.9 Å². The summed E-state index contributed by atoms with van der Waals surface area (Å²) in [7, 11) is 1.48. The van der Waals surface area contributed by atoms with E-state index in [0.29, 0.717) is 19.4 Å². The number of pyridine rings is 1. The molecule has 2 heterocycles. The standard InChI is InChI=1S/C17H21N5O5/c1-3-22(8-13(23)24)11-5-10(6-11)19-15(25)9-4-12-14(18-7-9)21(2)17(27)20-16(12)26/h4,7,10-11H,3,5-6,8H2,1-2H3,(H,19,25)(H,23,24)(H,20,26,27). The van der Waals surface area contributed by atoms with Gasteiger partial charge in [-0.1, -0.05) is 6.92 Å². The summed E-state index contributed by atoms with van der Waals surface area (Å²) < 4.78 is 1.21. The zero-order valence-corrected chi connectivity index (χ0v) is 15.1. The molecule has 0 unspecified atom stereocenters. The monoisotopic (exact) mass is 375 g/mol. The molecule has 1 amide bonds. The molecule has 0 aliphatic heterocycles. The van der Waals surface area contributed by atoms with Crippen molar-refractivity contribution in [2.75, 3.05) is 13.1 Å². The molecular formula is C17H21N5O5. The number of aliphatic carboxylic acids is 1. The van der Waals surface area contributed by atoms with Crippen LogP contribution < -0.4 is 16.6 Å². The average Bonchev–Trinajstić information content (AvgIpc) is 2.60. The Hall–Kier alpha value is -3.01. The Morgan fingerprint density at radius 3 is 2.74 bits per heavy atom. The molecule has 1 aliphatic rings. The third kappa shape index (κ3) is 3.75. The highest BCUT2D eigenvalue weighted by Gasteiger charge is 2.34. The number of aryl methyl sites for hydroxylation is 1. The molecule has 10 heteroatoms. The van der Waals surface area contributed by atoms with Gasteiger partial charge in [0.25, 0.3) is 11.5 Å². The molecule has 0 spiro atoms. The largest absolute Gasteiger partial charge is 0.480 e. The van der Waals surface area contributed by atoms with Gasteiger partial charge in [0.2, 0.25) is 0 Å². The number of nitrogens with zero attached hydrogens (tertiary/aromatic N) is 3. The Kier molecular flexibility index (Phi) is 5.08. The van der Waals surface area contributed by atoms with E-state index in [2.05, 4.69) is 15.3 Å². The minimum atomic E-state index is -0.869. The lowest BCUT2D eigenvalue weighted by molar-refractivity contribution is -0.139. The lowest BCUT2D eigenvalue weighted by Gasteiger charge is -2.42. The molecule has 3 N–H and O–H groups in total. The molecule has 10 nitrogen and oxygen atoms in total. The third-order valence-corrected chi connectivity index (χ3v) is 4.93. The topological polar surface area (TPSA) is 137 Å². The second-order valence-electron chi connectivity index (χ2n) is 6.67. The number of likely N-dealkylation sites (N-methyl/N-ethyl adjacent to an activating group) is 1. The summed E-state index contributed by atoms with van der Waals surface area (Å²) in [6, 6.07) is 1.48. The van der Waals surface area contributed by atoms with Crippen LogP contribution in [0.25, 0.3) is 11.0 Å². The van der Waals surface area contributed by atoms with Crippen LogP contribution in [0.4, 0.5) is 0 Å². The normalized spacial score (nSPS) is 19.1. The van der Waals surface area contributed by atoms with Gasteiger partial charge in [0.1, 0.15) is 5.65 Å². The predicted octanol–water partition coefficient (Wildman–Crippen LogP) is -0.711. The SMILES string of the molecule is CCN(CC(=O)O)C1CC(NC(=O)c2cnc3c(c2)c(=O)[nH]c(=O)n3C)C1. The second-order valence-corrected chi connectivity index (χ2v) is 6.67. The number of H-pyrrole nitrogens is 1. The first-order chi connectivity index (χ1) is 12.8. The molecule has 144 valence electrons. The van der Waals surface area contributed by atoms with Crippen molar-refractivity contribution in [2.45, 2.75) is 31.8 Å². The average molecular weight is 375 g/mol. The van der Waals surface area contributed by atoms with E-state index in [1.54, 1.807) is 0 Å². The fourth-order valence-electron chi connectivity index (χ4n) is 3.31. The molecule has 0 bridgehead atoms. The van der Waals surface area contributed by atoms with Crippen molar-refractivity contribution in [3.8, 4) is 0 Å². The molecule has 0 radical (unpaired) electrons. The number of hydrogen-bond donors (Lipinski definition) is 3. The van der Waals surface area contributed by atoms with Gasteiger partial charge in [-0.3, -0.25) is 28.8 Å². The predicted molar refractivity (Wildman–Crippen MR) is 96.8 cm³/mol. The Bertz CT molecular complexity index is 1000. The first-order valence-electron chi connectivity index (χ1n) is 8.66. The summed E-state index contributed by atoms with van der Waals surface area (Å²) in [6.07, 6.45) is 2.67. The maximum Gasteiger partial charge on any atom is 0.329 e. The van der Waals surface area contributed by atoms with Crippen molar-refractivity contribution < 1.29 is 14.7 Å². The van der Waals surface area contributed by atoms with E-state index < -0.39 is 17.2 Å². The van der Waals surface area contributed by atoms with Crippen LogP contribution in [-0.2, 0) is 11.8 Å². The van der Waals surface area contributed by atoms with Gasteiger partial charge in [-0.2, -0.15) is 0 Å². The highest BCUT2D eigenvalue weighted by atomic mass is 16.4. The molecule has 1 aliphatic carbocycles. The quantitative estimate of drug-likeness (QED) is 0.606. The number of rotatable bonds is 6. The van der Waals surface area contributed by atoms with Crippen LogP contribution in [0.15, 0.2) is 21.9 Å². The number of aromatic amines is 1. The van der Waals surface area contributed by atoms with Crippen LogP contribution in [0.3, 0.4) is 0 Å². The molecule has 27 heavy (non-hydrogen) atoms. The van der Waals surface area contributed by atoms with Crippen LogP contribution in [0, 0.1) is 0 Å². The second kappa shape index (κ2) is 7.31. The van der Waals surface area contributed by atoms with E-state index in [-0.39, 0.29) is 41.1 Å². The summed E-state index contributed by atoms with van der Waals surface area (Å²) in [5.41, 5.74) is -0.727. The third-order valence-electron chi connectivity index (χ3n) is 4.93. The zero-order valence-electron chi connectivity index (χ0n) is 15.1. The lowest BCUT2D eigenvalue weighted by atomic mass is 9.85. The molecule has 0 aromatic carbocycles. The minimum absolute atomic E-state index is 0.0159. The van der Waals surface area contributed by atoms with Crippen molar-refractivity contribution >= 4 is 22.9 Å². The van der Waals surface area contributed by atoms with Crippen molar-refractivity contribution in [1.29, 1.82) is 0 Å². The van der Waals surface area contributed by atoms with Crippen LogP contribution in [0.2, 0.25) is 0 Å². The number of aromatic nitrogens is 3. The van der Waals surface area contributed by atoms with Gasteiger partial charge in [-0.15, -0.1) is 0 Å². The number of hydrogen-bond acceptors (Lipinski definition) is 6. The Balaban J connectivity index is 1.68. The number of carboxylic acids is 1. The summed E-state index contributed by atoms with van der Waals surface area (Å²) in [4.78, 5) is 55.0. The van der Waals surface area contributed by atoms with E-state index >= 15 is 0 Å². The van der Waals surface area contributed by atoms with E-state index in [9.17, 15) is 19.2 Å². The Morgan fingerprint density at radius 2 is 2.11 bits per heavy atom. The molecule has 2 aromatic rings. The van der Waals surface area contributed by atoms with Crippen molar-refractivity contribution in [1.82, 2.24) is 24.8 Å². The maximum atomic E-state index is 12.4. The van der Waals surface area contributed by atoms with Crippen molar-refractivity contribution in [2.24, 2.45) is 7.05 Å². The summed E-state index contributed by atoms with van der Waals surface area (Å²) in [5, 5.41) is 12.0. The number of fused-ring (bicyclic) bond motifs is 1. The van der Waals surface area contributed by atoms with Crippen LogP contribution >= 0.6 is 0 Å². The van der Waals surface area contributed by atoms with Gasteiger partial charge >= 0.3 is 11.7 Å². The molecule has 0 atom stereocenters. The number of nitrogens with one attached hydrogen (secondary N) is 2. The molecule has 2 aromatic heterocycles. The number of amides is 1. The minimum Gasteiger partial charge on any atom is -0.480 e. The van der Waals surface area contributed by atoms with Gasteiger partial charge in [0.05, 0.1) is 17.5 Å². The van der Waals surface area contributed by atoms with Gasteiger partial charge < -0.3 is 10.4 Å². The smallest absolute Gasteiger partial charge is 0.329 e.